The highest BCUT2D eigenvalue weighted by Gasteiger charge is 2.55. The lowest BCUT2D eigenvalue weighted by Gasteiger charge is -2.46. The quantitative estimate of drug-likeness (QED) is 0.572. The Labute approximate surface area is 118 Å². The molecule has 0 amide bonds. The Balaban J connectivity index is 1.53. The van der Waals surface area contributed by atoms with E-state index in [0.29, 0.717) is 24.4 Å². The van der Waals surface area contributed by atoms with Crippen LogP contribution in [-0.2, 0) is 9.47 Å². The Morgan fingerprint density at radius 1 is 0.737 bits per heavy atom. The minimum absolute atomic E-state index is 0.664. The highest BCUT2D eigenvalue weighted by atomic mass is 28.3. The van der Waals surface area contributed by atoms with Crippen LogP contribution >= 0.6 is 0 Å². The summed E-state index contributed by atoms with van der Waals surface area (Å²) in [5.41, 5.74) is 2.10. The SMILES string of the molecule is CC[Si](CC)(C1CCC2OC2C1)C1CCC2OC2C1. The van der Waals surface area contributed by atoms with Crippen LogP contribution in [0.25, 0.3) is 0 Å². The van der Waals surface area contributed by atoms with E-state index < -0.39 is 8.07 Å². The van der Waals surface area contributed by atoms with Crippen LogP contribution in [0, 0.1) is 0 Å². The molecule has 2 aliphatic heterocycles. The van der Waals surface area contributed by atoms with Gasteiger partial charge in [0.2, 0.25) is 0 Å². The summed E-state index contributed by atoms with van der Waals surface area (Å²) in [5, 5.41) is 0. The van der Waals surface area contributed by atoms with Crippen molar-refractivity contribution in [1.82, 2.24) is 0 Å². The summed E-state index contributed by atoms with van der Waals surface area (Å²) in [6.45, 7) is 4.99. The first-order valence-electron chi connectivity index (χ1n) is 8.57. The smallest absolute Gasteiger partial charge is 0.0841 e. The molecule has 4 fully saturated rings. The zero-order valence-corrected chi connectivity index (χ0v) is 13.4. The van der Waals surface area contributed by atoms with Gasteiger partial charge >= 0.3 is 0 Å². The number of rotatable bonds is 4. The zero-order valence-electron chi connectivity index (χ0n) is 12.4. The van der Waals surface area contributed by atoms with Crippen LogP contribution in [0.1, 0.15) is 52.4 Å². The Hall–Kier alpha value is 0.137. The molecular weight excluding hydrogens is 252 g/mol. The second-order valence-electron chi connectivity index (χ2n) is 7.39. The second kappa shape index (κ2) is 4.57. The Bertz CT molecular complexity index is 325. The van der Waals surface area contributed by atoms with Gasteiger partial charge < -0.3 is 9.47 Å². The van der Waals surface area contributed by atoms with E-state index in [1.54, 1.807) is 0 Å². The molecule has 0 radical (unpaired) electrons. The molecule has 0 N–H and O–H groups in total. The van der Waals surface area contributed by atoms with Crippen molar-refractivity contribution in [1.29, 1.82) is 0 Å². The van der Waals surface area contributed by atoms with Crippen molar-refractivity contribution < 1.29 is 9.47 Å². The molecule has 0 spiro atoms. The molecule has 6 unspecified atom stereocenters. The van der Waals surface area contributed by atoms with Gasteiger partial charge in [-0.15, -0.1) is 0 Å². The van der Waals surface area contributed by atoms with Crippen molar-refractivity contribution in [3.63, 3.8) is 0 Å². The number of hydrogen-bond acceptors (Lipinski definition) is 2. The molecule has 0 aromatic heterocycles. The van der Waals surface area contributed by atoms with E-state index in [1.807, 2.05) is 0 Å². The van der Waals surface area contributed by atoms with Gasteiger partial charge in [0, 0.05) is 0 Å². The molecule has 4 rings (SSSR count). The van der Waals surface area contributed by atoms with Gasteiger partial charge in [0.15, 0.2) is 0 Å². The fraction of sp³-hybridized carbons (Fsp3) is 1.00. The molecule has 0 bridgehead atoms. The maximum atomic E-state index is 5.81. The van der Waals surface area contributed by atoms with Gasteiger partial charge in [0.1, 0.15) is 0 Å². The molecule has 0 aromatic carbocycles. The summed E-state index contributed by atoms with van der Waals surface area (Å²) in [6.07, 6.45) is 11.1. The first-order valence-corrected chi connectivity index (χ1v) is 11.1. The predicted octanol–water partition coefficient (Wildman–Crippen LogP) is 4.12. The molecular formula is C16H28O2Si. The number of hydrogen-bond donors (Lipinski definition) is 0. The largest absolute Gasteiger partial charge is 0.370 e. The van der Waals surface area contributed by atoms with E-state index in [-0.39, 0.29) is 0 Å². The van der Waals surface area contributed by atoms with Crippen LogP contribution < -0.4 is 0 Å². The summed E-state index contributed by atoms with van der Waals surface area (Å²) in [6, 6.07) is 2.99. The fourth-order valence-electron chi connectivity index (χ4n) is 5.59. The van der Waals surface area contributed by atoms with E-state index in [2.05, 4.69) is 13.8 Å². The van der Waals surface area contributed by atoms with Crippen LogP contribution in [0.2, 0.25) is 23.2 Å². The van der Waals surface area contributed by atoms with E-state index in [0.717, 1.165) is 11.1 Å². The number of fused-ring (bicyclic) bond motifs is 2. The van der Waals surface area contributed by atoms with Crippen LogP contribution in [-0.4, -0.2) is 32.5 Å². The van der Waals surface area contributed by atoms with Gasteiger partial charge in [-0.2, -0.15) is 0 Å². The lowest BCUT2D eigenvalue weighted by molar-refractivity contribution is 0.372. The second-order valence-corrected chi connectivity index (χ2v) is 12.9. The Morgan fingerprint density at radius 2 is 1.21 bits per heavy atom. The molecule has 2 saturated carbocycles. The zero-order chi connectivity index (χ0) is 13.0. The fourth-order valence-corrected chi connectivity index (χ4v) is 12.0. The topological polar surface area (TPSA) is 25.1 Å². The highest BCUT2D eigenvalue weighted by molar-refractivity contribution is 6.82. The monoisotopic (exact) mass is 280 g/mol. The average Bonchev–Trinajstić information content (AvgIpc) is 3.34. The summed E-state index contributed by atoms with van der Waals surface area (Å²) in [7, 11) is -1.13. The van der Waals surface area contributed by atoms with Crippen LogP contribution in [0.5, 0.6) is 0 Å². The minimum atomic E-state index is -1.13. The lowest BCUT2D eigenvalue weighted by atomic mass is 9.99. The van der Waals surface area contributed by atoms with E-state index >= 15 is 0 Å². The van der Waals surface area contributed by atoms with Gasteiger partial charge in [-0.3, -0.25) is 0 Å². The lowest BCUT2D eigenvalue weighted by Crippen LogP contribution is -2.46. The third kappa shape index (κ3) is 2.04. The van der Waals surface area contributed by atoms with Crippen molar-refractivity contribution in [2.75, 3.05) is 0 Å². The molecule has 0 aromatic rings. The predicted molar refractivity (Wildman–Crippen MR) is 79.2 cm³/mol. The standard InChI is InChI=1S/C16H28O2Si/c1-3-19(4-2,11-5-7-13-15(9-11)17-13)12-6-8-14-16(10-12)18-14/h11-16H,3-10H2,1-2H3. The third-order valence-electron chi connectivity index (χ3n) is 6.95. The Morgan fingerprint density at radius 3 is 1.58 bits per heavy atom. The molecule has 2 heterocycles. The van der Waals surface area contributed by atoms with Gasteiger partial charge in [0.05, 0.1) is 32.5 Å². The van der Waals surface area contributed by atoms with Crippen molar-refractivity contribution >= 4 is 8.07 Å². The molecule has 19 heavy (non-hydrogen) atoms. The summed E-state index contributed by atoms with van der Waals surface area (Å²) in [4.78, 5) is 0. The van der Waals surface area contributed by atoms with Gasteiger partial charge in [-0.05, 0) is 36.8 Å². The van der Waals surface area contributed by atoms with Crippen molar-refractivity contribution in [3.05, 3.63) is 0 Å². The molecule has 108 valence electrons. The van der Waals surface area contributed by atoms with Crippen LogP contribution in [0.4, 0.5) is 0 Å². The molecule has 2 aliphatic carbocycles. The molecule has 2 saturated heterocycles. The summed E-state index contributed by atoms with van der Waals surface area (Å²) in [5.74, 6) is 0. The number of epoxide rings is 2. The van der Waals surface area contributed by atoms with E-state index in [4.69, 9.17) is 9.47 Å². The van der Waals surface area contributed by atoms with Gasteiger partial charge in [0.25, 0.3) is 0 Å². The first kappa shape index (κ1) is 12.8. The molecule has 4 aliphatic rings. The first-order chi connectivity index (χ1) is 9.26. The van der Waals surface area contributed by atoms with Crippen LogP contribution in [0.3, 0.4) is 0 Å². The molecule has 6 atom stereocenters. The maximum absolute atomic E-state index is 5.81. The summed E-state index contributed by atoms with van der Waals surface area (Å²) >= 11 is 0. The Kier molecular flexibility index (Phi) is 3.09. The van der Waals surface area contributed by atoms with Crippen molar-refractivity contribution in [3.8, 4) is 0 Å². The van der Waals surface area contributed by atoms with Crippen molar-refractivity contribution in [2.45, 2.75) is 100.0 Å². The van der Waals surface area contributed by atoms with Crippen molar-refractivity contribution in [2.24, 2.45) is 0 Å². The maximum Gasteiger partial charge on any atom is 0.0841 e. The molecule has 2 nitrogen and oxygen atoms in total. The number of ether oxygens (including phenoxy) is 2. The third-order valence-corrected chi connectivity index (χ3v) is 13.9. The van der Waals surface area contributed by atoms with E-state index in [1.165, 1.54) is 50.6 Å². The van der Waals surface area contributed by atoms with Gasteiger partial charge in [-0.25, -0.2) is 0 Å². The van der Waals surface area contributed by atoms with Crippen LogP contribution in [0.15, 0.2) is 0 Å². The minimum Gasteiger partial charge on any atom is -0.370 e. The summed E-state index contributed by atoms with van der Waals surface area (Å²) < 4.78 is 11.6. The normalized spacial score (nSPS) is 48.3. The average molecular weight is 280 g/mol. The highest BCUT2D eigenvalue weighted by Crippen LogP contribution is 2.57. The van der Waals surface area contributed by atoms with E-state index in [9.17, 15) is 0 Å². The van der Waals surface area contributed by atoms with Gasteiger partial charge in [-0.1, -0.05) is 38.8 Å². The molecule has 3 heteroatoms.